The monoisotopic (exact) mass is 215 g/mol. The van der Waals surface area contributed by atoms with E-state index in [1.54, 1.807) is 6.26 Å². The maximum Gasteiger partial charge on any atom is 0.321 e. The molecule has 0 aliphatic heterocycles. The van der Waals surface area contributed by atoms with Crippen molar-refractivity contribution in [2.45, 2.75) is 18.7 Å². The van der Waals surface area contributed by atoms with E-state index in [2.05, 4.69) is 0 Å². The van der Waals surface area contributed by atoms with Crippen LogP contribution in [-0.2, 0) is 10.5 Å². The van der Waals surface area contributed by atoms with Crippen molar-refractivity contribution in [3.63, 3.8) is 0 Å². The number of aryl methyl sites for hydroxylation is 1. The van der Waals surface area contributed by atoms with E-state index in [1.807, 2.05) is 13.0 Å². The highest BCUT2D eigenvalue weighted by atomic mass is 32.2. The van der Waals surface area contributed by atoms with Crippen LogP contribution in [0.2, 0.25) is 0 Å². The third-order valence-corrected chi connectivity index (χ3v) is 2.88. The van der Waals surface area contributed by atoms with E-state index in [0.29, 0.717) is 11.5 Å². The number of carboxylic acids is 1. The van der Waals surface area contributed by atoms with Crippen molar-refractivity contribution in [2.24, 2.45) is 5.73 Å². The van der Waals surface area contributed by atoms with Gasteiger partial charge >= 0.3 is 5.97 Å². The highest BCUT2D eigenvalue weighted by Crippen LogP contribution is 2.17. The zero-order valence-electron chi connectivity index (χ0n) is 7.90. The fourth-order valence-electron chi connectivity index (χ4n) is 0.902. The van der Waals surface area contributed by atoms with Crippen LogP contribution in [0.1, 0.15) is 11.3 Å². The lowest BCUT2D eigenvalue weighted by Gasteiger charge is -2.04. The van der Waals surface area contributed by atoms with Crippen LogP contribution in [0.3, 0.4) is 0 Å². The molecule has 0 saturated heterocycles. The third kappa shape index (κ3) is 3.08. The Labute approximate surface area is 86.5 Å². The summed E-state index contributed by atoms with van der Waals surface area (Å²) >= 11 is 1.46. The van der Waals surface area contributed by atoms with Crippen molar-refractivity contribution in [1.29, 1.82) is 0 Å². The van der Waals surface area contributed by atoms with Gasteiger partial charge < -0.3 is 15.3 Å². The molecule has 0 fully saturated rings. The van der Waals surface area contributed by atoms with Gasteiger partial charge in [0, 0.05) is 5.75 Å². The molecule has 0 saturated carbocycles. The summed E-state index contributed by atoms with van der Waals surface area (Å²) in [6, 6.07) is 1.09. The minimum atomic E-state index is -0.964. The number of nitrogens with two attached hydrogens (primary N) is 1. The van der Waals surface area contributed by atoms with E-state index in [9.17, 15) is 4.79 Å². The number of aliphatic carboxylic acids is 1. The van der Waals surface area contributed by atoms with Crippen molar-refractivity contribution >= 4 is 17.7 Å². The molecule has 0 aromatic carbocycles. The summed E-state index contributed by atoms with van der Waals surface area (Å²) in [4.78, 5) is 10.4. The highest BCUT2D eigenvalue weighted by Gasteiger charge is 2.11. The lowest BCUT2D eigenvalue weighted by Crippen LogP contribution is -2.32. The van der Waals surface area contributed by atoms with E-state index in [1.165, 1.54) is 11.8 Å². The first-order valence-electron chi connectivity index (χ1n) is 4.20. The van der Waals surface area contributed by atoms with E-state index in [0.717, 1.165) is 11.3 Å². The fraction of sp³-hybridized carbons (Fsp3) is 0.444. The van der Waals surface area contributed by atoms with Gasteiger partial charge in [0.2, 0.25) is 0 Å². The van der Waals surface area contributed by atoms with E-state index in [-0.39, 0.29) is 0 Å². The Morgan fingerprint density at radius 2 is 2.50 bits per heavy atom. The van der Waals surface area contributed by atoms with Crippen LogP contribution in [0.4, 0.5) is 0 Å². The van der Waals surface area contributed by atoms with Crippen LogP contribution in [0.15, 0.2) is 16.7 Å². The molecule has 78 valence electrons. The van der Waals surface area contributed by atoms with E-state index < -0.39 is 12.0 Å². The van der Waals surface area contributed by atoms with Gasteiger partial charge in [-0.3, -0.25) is 4.79 Å². The molecule has 1 rings (SSSR count). The van der Waals surface area contributed by atoms with Crippen molar-refractivity contribution in [2.75, 3.05) is 5.75 Å². The topological polar surface area (TPSA) is 76.5 Å². The Balaban J connectivity index is 2.29. The van der Waals surface area contributed by atoms with Crippen LogP contribution >= 0.6 is 11.8 Å². The largest absolute Gasteiger partial charge is 0.480 e. The molecule has 1 heterocycles. The second kappa shape index (κ2) is 5.07. The van der Waals surface area contributed by atoms with Crippen LogP contribution in [0, 0.1) is 6.92 Å². The van der Waals surface area contributed by atoms with Crippen LogP contribution in [0.5, 0.6) is 0 Å². The molecule has 0 amide bonds. The first kappa shape index (κ1) is 11.1. The minimum absolute atomic E-state index is 0.398. The summed E-state index contributed by atoms with van der Waals surface area (Å²) in [7, 11) is 0. The van der Waals surface area contributed by atoms with E-state index in [4.69, 9.17) is 15.3 Å². The van der Waals surface area contributed by atoms with Gasteiger partial charge in [-0.25, -0.2) is 0 Å². The molecule has 0 aliphatic rings. The summed E-state index contributed by atoms with van der Waals surface area (Å²) in [5.41, 5.74) is 6.43. The average Bonchev–Trinajstić information content (AvgIpc) is 2.51. The maximum atomic E-state index is 10.4. The number of rotatable bonds is 5. The average molecular weight is 215 g/mol. The lowest BCUT2D eigenvalue weighted by molar-refractivity contribution is -0.137. The summed E-state index contributed by atoms with van der Waals surface area (Å²) in [6.45, 7) is 1.95. The maximum absolute atomic E-state index is 10.4. The summed E-state index contributed by atoms with van der Waals surface area (Å²) < 4.78 is 5.20. The predicted octanol–water partition coefficient (Wildman–Crippen LogP) is 1.23. The molecule has 4 nitrogen and oxygen atoms in total. The number of carboxylic acid groups (broad SMARTS) is 1. The van der Waals surface area contributed by atoms with Gasteiger partial charge in [0.1, 0.15) is 11.8 Å². The zero-order valence-corrected chi connectivity index (χ0v) is 8.71. The second-order valence-electron chi connectivity index (χ2n) is 2.99. The molecule has 3 N–H and O–H groups in total. The Morgan fingerprint density at radius 1 is 1.79 bits per heavy atom. The smallest absolute Gasteiger partial charge is 0.321 e. The molecule has 1 atom stereocenters. The lowest BCUT2D eigenvalue weighted by atomic mass is 10.3. The van der Waals surface area contributed by atoms with Crippen LogP contribution < -0.4 is 5.73 Å². The van der Waals surface area contributed by atoms with E-state index >= 15 is 0 Å². The Kier molecular flexibility index (Phi) is 4.03. The molecule has 5 heteroatoms. The van der Waals surface area contributed by atoms with Crippen LogP contribution in [-0.4, -0.2) is 22.9 Å². The Bertz CT molecular complexity index is 311. The van der Waals surface area contributed by atoms with Gasteiger partial charge in [-0.15, -0.1) is 0 Å². The molecule has 0 aliphatic carbocycles. The quantitative estimate of drug-likeness (QED) is 0.772. The molecule has 0 radical (unpaired) electrons. The van der Waals surface area contributed by atoms with Crippen molar-refractivity contribution in [3.8, 4) is 0 Å². The molecule has 14 heavy (non-hydrogen) atoms. The summed E-state index contributed by atoms with van der Waals surface area (Å²) in [5.74, 6) is 0.983. The Hall–Kier alpha value is -0.940. The molecule has 1 unspecified atom stereocenters. The van der Waals surface area contributed by atoms with Crippen LogP contribution in [0.25, 0.3) is 0 Å². The predicted molar refractivity (Wildman–Crippen MR) is 55.2 cm³/mol. The second-order valence-corrected chi connectivity index (χ2v) is 4.02. The third-order valence-electron chi connectivity index (χ3n) is 1.82. The number of hydrogen-bond donors (Lipinski definition) is 2. The van der Waals surface area contributed by atoms with Gasteiger partial charge in [-0.05, 0) is 18.6 Å². The molecule has 1 aromatic heterocycles. The summed E-state index contributed by atoms with van der Waals surface area (Å²) in [5, 5.41) is 8.53. The highest BCUT2D eigenvalue weighted by molar-refractivity contribution is 7.98. The number of furan rings is 1. The molecular formula is C9H13NO3S. The van der Waals surface area contributed by atoms with Crippen molar-refractivity contribution < 1.29 is 14.3 Å². The molecule has 0 spiro atoms. The Morgan fingerprint density at radius 3 is 3.00 bits per heavy atom. The standard InChI is InChI=1S/C9H13NO3S/c1-6-2-3-13-8(6)5-14-4-7(10)9(11)12/h2-3,7H,4-5,10H2,1H3,(H,11,12). The summed E-state index contributed by atoms with van der Waals surface area (Å²) in [6.07, 6.45) is 1.63. The first-order valence-corrected chi connectivity index (χ1v) is 5.36. The number of thioether (sulfide) groups is 1. The van der Waals surface area contributed by atoms with Gasteiger partial charge in [-0.1, -0.05) is 0 Å². The number of carbonyl (C=O) groups is 1. The SMILES string of the molecule is Cc1ccoc1CSCC(N)C(=O)O. The van der Waals surface area contributed by atoms with Gasteiger partial charge in [-0.2, -0.15) is 11.8 Å². The first-order chi connectivity index (χ1) is 6.61. The molecule has 0 bridgehead atoms. The van der Waals surface area contributed by atoms with Crippen molar-refractivity contribution in [1.82, 2.24) is 0 Å². The zero-order chi connectivity index (χ0) is 10.6. The number of hydrogen-bond acceptors (Lipinski definition) is 4. The minimum Gasteiger partial charge on any atom is -0.480 e. The molecular weight excluding hydrogens is 202 g/mol. The molecule has 1 aromatic rings. The van der Waals surface area contributed by atoms with Gasteiger partial charge in [0.15, 0.2) is 0 Å². The fourth-order valence-corrected chi connectivity index (χ4v) is 1.90. The van der Waals surface area contributed by atoms with Gasteiger partial charge in [0.05, 0.1) is 12.0 Å². The van der Waals surface area contributed by atoms with Crippen molar-refractivity contribution in [3.05, 3.63) is 23.7 Å². The normalized spacial score (nSPS) is 12.7. The van der Waals surface area contributed by atoms with Gasteiger partial charge in [0.25, 0.3) is 0 Å².